The maximum Gasteiger partial charge on any atom is 0.222 e. The van der Waals surface area contributed by atoms with E-state index in [9.17, 15) is 4.79 Å². The topological polar surface area (TPSA) is 41.6 Å². The van der Waals surface area contributed by atoms with Crippen molar-refractivity contribution in [2.24, 2.45) is 0 Å². The molecule has 1 unspecified atom stereocenters. The molecule has 5 heteroatoms. The summed E-state index contributed by atoms with van der Waals surface area (Å²) < 4.78 is 5.93. The lowest BCUT2D eigenvalue weighted by Crippen LogP contribution is -2.46. The third-order valence-corrected chi connectivity index (χ3v) is 3.90. The van der Waals surface area contributed by atoms with Gasteiger partial charge in [-0.15, -0.1) is 0 Å². The summed E-state index contributed by atoms with van der Waals surface area (Å²) in [5.74, 6) is 0.275. The van der Waals surface area contributed by atoms with Gasteiger partial charge >= 0.3 is 0 Å². The van der Waals surface area contributed by atoms with Gasteiger partial charge in [-0.2, -0.15) is 0 Å². The molecule has 17 heavy (non-hydrogen) atoms. The summed E-state index contributed by atoms with van der Waals surface area (Å²) in [5, 5.41) is 3.25. The Kier molecular flexibility index (Phi) is 5.62. The number of nitrogens with one attached hydrogen (secondary N) is 1. The Morgan fingerprint density at radius 2 is 1.94 bits per heavy atom. The Hall–Kier alpha value is -0.393. The van der Waals surface area contributed by atoms with Gasteiger partial charge in [0.1, 0.15) is 0 Å². The number of hydrogen-bond donors (Lipinski definition) is 1. The molecule has 1 heterocycles. The standard InChI is InChI=1S/C12H26N2O2Si/c1-11(16-17(2,3)4)5-6-12(15)14-9-7-13-8-10-14/h11,13H,5-10H2,1-4H3. The third kappa shape index (κ3) is 6.19. The molecule has 1 aliphatic rings. The van der Waals surface area contributed by atoms with Crippen LogP contribution in [0.15, 0.2) is 0 Å². The second kappa shape index (κ2) is 6.52. The van der Waals surface area contributed by atoms with Crippen molar-refractivity contribution in [3.63, 3.8) is 0 Å². The molecule has 1 fully saturated rings. The molecular formula is C12H26N2O2Si. The lowest BCUT2D eigenvalue weighted by atomic mass is 10.2. The molecule has 1 amide bonds. The smallest absolute Gasteiger partial charge is 0.222 e. The van der Waals surface area contributed by atoms with Gasteiger partial charge in [0.15, 0.2) is 8.32 Å². The van der Waals surface area contributed by atoms with Gasteiger partial charge in [-0.3, -0.25) is 4.79 Å². The molecule has 0 aromatic rings. The number of rotatable bonds is 5. The normalized spacial score (nSPS) is 19.2. The van der Waals surface area contributed by atoms with E-state index < -0.39 is 8.32 Å². The van der Waals surface area contributed by atoms with Crippen molar-refractivity contribution in [2.45, 2.75) is 45.5 Å². The lowest BCUT2D eigenvalue weighted by Gasteiger charge is -2.28. The van der Waals surface area contributed by atoms with E-state index in [1.807, 2.05) is 4.90 Å². The zero-order chi connectivity index (χ0) is 12.9. The first kappa shape index (κ1) is 14.7. The summed E-state index contributed by atoms with van der Waals surface area (Å²) in [5.41, 5.74) is 0. The first-order valence-corrected chi connectivity index (χ1v) is 9.95. The average Bonchev–Trinajstić information content (AvgIpc) is 2.25. The van der Waals surface area contributed by atoms with E-state index in [1.165, 1.54) is 0 Å². The first-order valence-electron chi connectivity index (χ1n) is 6.55. The van der Waals surface area contributed by atoms with Crippen LogP contribution in [0.5, 0.6) is 0 Å². The molecule has 0 aromatic heterocycles. The maximum absolute atomic E-state index is 11.9. The van der Waals surface area contributed by atoms with Crippen LogP contribution in [-0.2, 0) is 9.22 Å². The van der Waals surface area contributed by atoms with Gasteiger partial charge in [0.25, 0.3) is 0 Å². The van der Waals surface area contributed by atoms with Crippen LogP contribution in [0.4, 0.5) is 0 Å². The highest BCUT2D eigenvalue weighted by molar-refractivity contribution is 6.69. The second-order valence-corrected chi connectivity index (χ2v) is 10.2. The van der Waals surface area contributed by atoms with E-state index in [1.54, 1.807) is 0 Å². The van der Waals surface area contributed by atoms with Crippen LogP contribution in [0.25, 0.3) is 0 Å². The van der Waals surface area contributed by atoms with E-state index in [0.717, 1.165) is 32.6 Å². The number of carbonyl (C=O) groups is 1. The van der Waals surface area contributed by atoms with Crippen molar-refractivity contribution in [1.29, 1.82) is 0 Å². The van der Waals surface area contributed by atoms with Gasteiger partial charge in [-0.05, 0) is 33.0 Å². The monoisotopic (exact) mass is 258 g/mol. The third-order valence-electron chi connectivity index (χ3n) is 2.79. The minimum atomic E-state index is -1.47. The van der Waals surface area contributed by atoms with Gasteiger partial charge in [0.2, 0.25) is 5.91 Å². The van der Waals surface area contributed by atoms with E-state index in [-0.39, 0.29) is 12.0 Å². The molecule has 1 atom stereocenters. The summed E-state index contributed by atoms with van der Waals surface area (Å²) >= 11 is 0. The number of amides is 1. The van der Waals surface area contributed by atoms with Gasteiger partial charge in [0, 0.05) is 38.7 Å². The van der Waals surface area contributed by atoms with Gasteiger partial charge < -0.3 is 14.6 Å². The van der Waals surface area contributed by atoms with Crippen molar-refractivity contribution in [3.8, 4) is 0 Å². The van der Waals surface area contributed by atoms with Gasteiger partial charge in [-0.1, -0.05) is 0 Å². The molecule has 100 valence electrons. The largest absolute Gasteiger partial charge is 0.415 e. The molecule has 0 spiro atoms. The summed E-state index contributed by atoms with van der Waals surface area (Å²) in [6, 6.07) is 0. The molecule has 1 N–H and O–H groups in total. The summed E-state index contributed by atoms with van der Waals surface area (Å²) in [6.07, 6.45) is 1.66. The van der Waals surface area contributed by atoms with Gasteiger partial charge in [-0.25, -0.2) is 0 Å². The quantitative estimate of drug-likeness (QED) is 0.759. The fourth-order valence-corrected chi connectivity index (χ4v) is 3.39. The summed E-state index contributed by atoms with van der Waals surface area (Å²) in [4.78, 5) is 13.9. The van der Waals surface area contributed by atoms with Crippen molar-refractivity contribution in [2.75, 3.05) is 26.2 Å². The number of hydrogen-bond acceptors (Lipinski definition) is 3. The molecule has 0 bridgehead atoms. The highest BCUT2D eigenvalue weighted by Crippen LogP contribution is 2.12. The molecular weight excluding hydrogens is 232 g/mol. The Bertz CT molecular complexity index is 247. The number of nitrogens with zero attached hydrogens (tertiary/aromatic N) is 1. The number of carbonyl (C=O) groups excluding carboxylic acids is 1. The average molecular weight is 258 g/mol. The Balaban J connectivity index is 2.22. The minimum absolute atomic E-state index is 0.202. The van der Waals surface area contributed by atoms with Crippen LogP contribution in [0.2, 0.25) is 19.6 Å². The fourth-order valence-electron chi connectivity index (χ4n) is 2.06. The van der Waals surface area contributed by atoms with Crippen LogP contribution in [0.1, 0.15) is 19.8 Å². The Morgan fingerprint density at radius 1 is 1.35 bits per heavy atom. The number of piperazine rings is 1. The lowest BCUT2D eigenvalue weighted by molar-refractivity contribution is -0.132. The highest BCUT2D eigenvalue weighted by atomic mass is 28.4. The molecule has 0 radical (unpaired) electrons. The molecule has 0 aliphatic carbocycles. The van der Waals surface area contributed by atoms with Crippen LogP contribution in [0.3, 0.4) is 0 Å². The summed E-state index contributed by atoms with van der Waals surface area (Å²) in [6.45, 7) is 12.2. The van der Waals surface area contributed by atoms with Gasteiger partial charge in [0.05, 0.1) is 0 Å². The zero-order valence-corrected chi connectivity index (χ0v) is 12.6. The molecule has 1 rings (SSSR count). The summed E-state index contributed by atoms with van der Waals surface area (Å²) in [7, 11) is -1.47. The first-order chi connectivity index (χ1) is 7.88. The van der Waals surface area contributed by atoms with Crippen molar-refractivity contribution in [3.05, 3.63) is 0 Å². The highest BCUT2D eigenvalue weighted by Gasteiger charge is 2.20. The van der Waals surface area contributed by atoms with E-state index >= 15 is 0 Å². The molecule has 0 aromatic carbocycles. The molecule has 1 saturated heterocycles. The fraction of sp³-hybridized carbons (Fsp3) is 0.917. The Labute approximate surface area is 106 Å². The Morgan fingerprint density at radius 3 is 2.47 bits per heavy atom. The SMILES string of the molecule is CC(CCC(=O)N1CCNCC1)O[Si](C)(C)C. The predicted octanol–water partition coefficient (Wildman–Crippen LogP) is 1.44. The van der Waals surface area contributed by atoms with Crippen LogP contribution in [0, 0.1) is 0 Å². The minimum Gasteiger partial charge on any atom is -0.415 e. The molecule has 0 saturated carbocycles. The van der Waals surface area contributed by atoms with E-state index in [4.69, 9.17) is 4.43 Å². The molecule has 1 aliphatic heterocycles. The molecule has 4 nitrogen and oxygen atoms in total. The van der Waals surface area contributed by atoms with Crippen molar-refractivity contribution in [1.82, 2.24) is 10.2 Å². The van der Waals surface area contributed by atoms with Crippen LogP contribution in [-0.4, -0.2) is 51.4 Å². The van der Waals surface area contributed by atoms with E-state index in [0.29, 0.717) is 6.42 Å². The predicted molar refractivity (Wildman–Crippen MR) is 72.6 cm³/mol. The van der Waals surface area contributed by atoms with Crippen LogP contribution >= 0.6 is 0 Å². The van der Waals surface area contributed by atoms with E-state index in [2.05, 4.69) is 31.9 Å². The maximum atomic E-state index is 11.9. The zero-order valence-electron chi connectivity index (χ0n) is 11.6. The second-order valence-electron chi connectivity index (χ2n) is 5.71. The van der Waals surface area contributed by atoms with Crippen molar-refractivity contribution >= 4 is 14.2 Å². The van der Waals surface area contributed by atoms with Crippen LogP contribution < -0.4 is 5.32 Å². The van der Waals surface area contributed by atoms with Crippen molar-refractivity contribution < 1.29 is 9.22 Å².